The summed E-state index contributed by atoms with van der Waals surface area (Å²) in [6.45, 7) is 4.45. The van der Waals surface area contributed by atoms with Crippen LogP contribution < -0.4 is 24.2 Å². The van der Waals surface area contributed by atoms with Crippen molar-refractivity contribution in [1.29, 1.82) is 0 Å². The fourth-order valence-corrected chi connectivity index (χ4v) is 3.93. The average Bonchev–Trinajstić information content (AvgIpc) is 2.72. The Labute approximate surface area is 170 Å². The summed E-state index contributed by atoms with van der Waals surface area (Å²) in [7, 11) is -3.57. The molecule has 1 aliphatic heterocycles. The number of hydrogen-bond donors (Lipinski definition) is 2. The van der Waals surface area contributed by atoms with E-state index in [1.165, 1.54) is 24.3 Å². The van der Waals surface area contributed by atoms with E-state index in [-0.39, 0.29) is 23.5 Å². The Balaban J connectivity index is 1.54. The van der Waals surface area contributed by atoms with Crippen LogP contribution in [0.3, 0.4) is 0 Å². The van der Waals surface area contributed by atoms with Crippen molar-refractivity contribution in [2.45, 2.75) is 31.2 Å². The van der Waals surface area contributed by atoms with Gasteiger partial charge in [0.15, 0.2) is 18.1 Å². The number of nitrogens with one attached hydrogen (secondary N) is 2. The zero-order chi connectivity index (χ0) is 20.9. The molecule has 0 aliphatic carbocycles. The topological polar surface area (TPSA) is 103 Å². The first kappa shape index (κ1) is 20.9. The Bertz CT molecular complexity index is 959. The summed E-state index contributed by atoms with van der Waals surface area (Å²) < 4.78 is 43.4. The number of anilines is 1. The van der Waals surface area contributed by atoms with Gasteiger partial charge in [-0.15, -0.1) is 0 Å². The van der Waals surface area contributed by atoms with E-state index in [9.17, 15) is 13.2 Å². The fraction of sp³-hybridized carbons (Fsp3) is 0.350. The molecule has 0 unspecified atom stereocenters. The van der Waals surface area contributed by atoms with Crippen molar-refractivity contribution in [2.24, 2.45) is 0 Å². The second-order valence-electron chi connectivity index (χ2n) is 6.60. The summed E-state index contributed by atoms with van der Waals surface area (Å²) >= 11 is 0. The lowest BCUT2D eigenvalue weighted by Gasteiger charge is -2.19. The first-order chi connectivity index (χ1) is 13.9. The molecule has 3 rings (SSSR count). The standard InChI is InChI=1S/C20H24N2O6S/c1-3-14(2)22-29(24,25)17-7-5-16(6-8-17)28-13-20(23)21-15-4-9-18-19(12-15)27-11-10-26-18/h4-9,12,14,22H,3,10-11,13H2,1-2H3,(H,21,23)/t14-/m1/s1. The van der Waals surface area contributed by atoms with Gasteiger partial charge in [0.2, 0.25) is 10.0 Å². The van der Waals surface area contributed by atoms with Crippen LogP contribution in [0.4, 0.5) is 5.69 Å². The zero-order valence-corrected chi connectivity index (χ0v) is 17.1. The van der Waals surface area contributed by atoms with Crippen molar-refractivity contribution in [1.82, 2.24) is 4.72 Å². The van der Waals surface area contributed by atoms with Crippen molar-refractivity contribution in [3.05, 3.63) is 42.5 Å². The molecule has 0 radical (unpaired) electrons. The van der Waals surface area contributed by atoms with Crippen molar-refractivity contribution < 1.29 is 27.4 Å². The number of carbonyl (C=O) groups is 1. The van der Waals surface area contributed by atoms with E-state index >= 15 is 0 Å². The molecule has 9 heteroatoms. The molecule has 0 fully saturated rings. The van der Waals surface area contributed by atoms with Crippen molar-refractivity contribution in [3.8, 4) is 17.2 Å². The summed E-state index contributed by atoms with van der Waals surface area (Å²) in [6.07, 6.45) is 0.693. The van der Waals surface area contributed by atoms with Crippen LogP contribution in [0.2, 0.25) is 0 Å². The minimum absolute atomic E-state index is 0.144. The van der Waals surface area contributed by atoms with Crippen LogP contribution in [0, 0.1) is 0 Å². The number of hydrogen-bond acceptors (Lipinski definition) is 6. The molecular formula is C20H24N2O6S. The van der Waals surface area contributed by atoms with Crippen molar-refractivity contribution >= 4 is 21.6 Å². The van der Waals surface area contributed by atoms with Gasteiger partial charge >= 0.3 is 0 Å². The van der Waals surface area contributed by atoms with Crippen LogP contribution in [0.5, 0.6) is 17.2 Å². The number of amides is 1. The lowest BCUT2D eigenvalue weighted by atomic mass is 10.2. The van der Waals surface area contributed by atoms with Gasteiger partial charge < -0.3 is 19.5 Å². The molecule has 0 aromatic heterocycles. The molecule has 0 saturated carbocycles. The van der Waals surface area contributed by atoms with E-state index < -0.39 is 10.0 Å². The molecule has 156 valence electrons. The normalized spacial score (nSPS) is 14.1. The van der Waals surface area contributed by atoms with Gasteiger partial charge in [-0.05, 0) is 49.7 Å². The fourth-order valence-electron chi connectivity index (χ4n) is 2.60. The van der Waals surface area contributed by atoms with E-state index in [4.69, 9.17) is 14.2 Å². The van der Waals surface area contributed by atoms with Crippen LogP contribution in [0.1, 0.15) is 20.3 Å². The minimum Gasteiger partial charge on any atom is -0.486 e. The molecule has 0 spiro atoms. The molecule has 8 nitrogen and oxygen atoms in total. The summed E-state index contributed by atoms with van der Waals surface area (Å²) in [5.74, 6) is 1.27. The lowest BCUT2D eigenvalue weighted by Crippen LogP contribution is -2.31. The van der Waals surface area contributed by atoms with Crippen molar-refractivity contribution in [2.75, 3.05) is 25.1 Å². The molecule has 0 saturated heterocycles. The Hall–Kier alpha value is -2.78. The molecule has 1 amide bonds. The second-order valence-corrected chi connectivity index (χ2v) is 8.31. The lowest BCUT2D eigenvalue weighted by molar-refractivity contribution is -0.118. The highest BCUT2D eigenvalue weighted by atomic mass is 32.2. The number of fused-ring (bicyclic) bond motifs is 1. The predicted molar refractivity (Wildman–Crippen MR) is 108 cm³/mol. The second kappa shape index (κ2) is 9.15. The highest BCUT2D eigenvalue weighted by molar-refractivity contribution is 7.89. The van der Waals surface area contributed by atoms with Gasteiger partial charge in [0, 0.05) is 17.8 Å². The first-order valence-electron chi connectivity index (χ1n) is 9.32. The minimum atomic E-state index is -3.57. The van der Waals surface area contributed by atoms with Crippen LogP contribution in [0.25, 0.3) is 0 Å². The first-order valence-corrected chi connectivity index (χ1v) is 10.8. The Morgan fingerprint density at radius 1 is 1.10 bits per heavy atom. The van der Waals surface area contributed by atoms with Gasteiger partial charge in [-0.25, -0.2) is 13.1 Å². The Kier molecular flexibility index (Phi) is 6.60. The molecular weight excluding hydrogens is 396 g/mol. The van der Waals surface area contributed by atoms with Crippen LogP contribution in [-0.2, 0) is 14.8 Å². The van der Waals surface area contributed by atoms with Crippen LogP contribution in [-0.4, -0.2) is 40.2 Å². The maximum Gasteiger partial charge on any atom is 0.262 e. The zero-order valence-electron chi connectivity index (χ0n) is 16.3. The molecule has 1 atom stereocenters. The molecule has 1 aliphatic rings. The van der Waals surface area contributed by atoms with Crippen LogP contribution in [0.15, 0.2) is 47.4 Å². The number of carbonyl (C=O) groups excluding carboxylic acids is 1. The molecule has 29 heavy (non-hydrogen) atoms. The molecule has 1 heterocycles. The molecule has 2 aromatic rings. The maximum absolute atomic E-state index is 12.2. The summed E-state index contributed by atoms with van der Waals surface area (Å²) in [4.78, 5) is 12.3. The van der Waals surface area contributed by atoms with Crippen LogP contribution >= 0.6 is 0 Å². The van der Waals surface area contributed by atoms with E-state index in [0.29, 0.717) is 42.6 Å². The molecule has 2 aromatic carbocycles. The van der Waals surface area contributed by atoms with Gasteiger partial charge in [-0.2, -0.15) is 0 Å². The summed E-state index contributed by atoms with van der Waals surface area (Å²) in [5.41, 5.74) is 0.570. The summed E-state index contributed by atoms with van der Waals surface area (Å²) in [5, 5.41) is 2.72. The van der Waals surface area contributed by atoms with E-state index in [1.54, 1.807) is 25.1 Å². The number of rotatable bonds is 8. The number of ether oxygens (including phenoxy) is 3. The largest absolute Gasteiger partial charge is 0.486 e. The highest BCUT2D eigenvalue weighted by Crippen LogP contribution is 2.32. The molecule has 2 N–H and O–H groups in total. The van der Waals surface area contributed by atoms with Gasteiger partial charge in [-0.3, -0.25) is 4.79 Å². The van der Waals surface area contributed by atoms with E-state index in [0.717, 1.165) is 0 Å². The van der Waals surface area contributed by atoms with Gasteiger partial charge in [0.05, 0.1) is 4.90 Å². The monoisotopic (exact) mass is 420 g/mol. The third-order valence-corrected chi connectivity index (χ3v) is 5.90. The maximum atomic E-state index is 12.2. The van der Waals surface area contributed by atoms with Gasteiger partial charge in [0.25, 0.3) is 5.91 Å². The third kappa shape index (κ3) is 5.61. The third-order valence-electron chi connectivity index (χ3n) is 4.30. The van der Waals surface area contributed by atoms with E-state index in [1.807, 2.05) is 6.92 Å². The predicted octanol–water partition coefficient (Wildman–Crippen LogP) is 2.55. The highest BCUT2D eigenvalue weighted by Gasteiger charge is 2.17. The number of benzene rings is 2. The van der Waals surface area contributed by atoms with Crippen molar-refractivity contribution in [3.63, 3.8) is 0 Å². The summed E-state index contributed by atoms with van der Waals surface area (Å²) in [6, 6.07) is 10.9. The Morgan fingerprint density at radius 2 is 1.79 bits per heavy atom. The van der Waals surface area contributed by atoms with Gasteiger partial charge in [0.1, 0.15) is 19.0 Å². The SMILES string of the molecule is CC[C@@H](C)NS(=O)(=O)c1ccc(OCC(=O)Nc2ccc3c(c2)OCCO3)cc1. The quantitative estimate of drug-likeness (QED) is 0.680. The smallest absolute Gasteiger partial charge is 0.262 e. The molecule has 0 bridgehead atoms. The van der Waals surface area contributed by atoms with E-state index in [2.05, 4.69) is 10.0 Å². The Morgan fingerprint density at radius 3 is 2.48 bits per heavy atom. The number of sulfonamides is 1. The average molecular weight is 420 g/mol. The van der Waals surface area contributed by atoms with Gasteiger partial charge in [-0.1, -0.05) is 6.92 Å².